The Kier molecular flexibility index (Phi) is 9.06. The molecule has 2 amide bonds. The van der Waals surface area contributed by atoms with E-state index in [0.29, 0.717) is 33.5 Å². The lowest BCUT2D eigenvalue weighted by Crippen LogP contribution is -2.17. The molecule has 210 valence electrons. The molecule has 4 aromatic rings. The molecule has 1 aliphatic rings. The van der Waals surface area contributed by atoms with Crippen LogP contribution in [0.1, 0.15) is 49.1 Å². The third-order valence-corrected chi connectivity index (χ3v) is 9.14. The topological polar surface area (TPSA) is 93.7 Å². The van der Waals surface area contributed by atoms with Gasteiger partial charge in [-0.15, -0.1) is 23.1 Å². The molecule has 1 atom stereocenters. The number of hydrogen-bond acceptors (Lipinski definition) is 7. The van der Waals surface area contributed by atoms with Crippen molar-refractivity contribution in [2.45, 2.75) is 30.1 Å². The van der Waals surface area contributed by atoms with Crippen molar-refractivity contribution in [1.29, 1.82) is 0 Å². The molecule has 9 heteroatoms. The molecule has 0 saturated heterocycles. The molecular weight excluding hydrogens is 556 g/mol. The van der Waals surface area contributed by atoms with Crippen LogP contribution in [0.5, 0.6) is 5.75 Å². The van der Waals surface area contributed by atoms with Gasteiger partial charge in [0.15, 0.2) is 0 Å². The summed E-state index contributed by atoms with van der Waals surface area (Å²) in [6.07, 6.45) is 2.52. The first-order valence-electron chi connectivity index (χ1n) is 13.2. The number of hydrogen-bond donors (Lipinski definition) is 2. The highest BCUT2D eigenvalue weighted by molar-refractivity contribution is 8.00. The fourth-order valence-electron chi connectivity index (χ4n) is 4.94. The van der Waals surface area contributed by atoms with Crippen LogP contribution in [0.15, 0.2) is 83.8 Å². The zero-order valence-corrected chi connectivity index (χ0v) is 24.4. The lowest BCUT2D eigenvalue weighted by Gasteiger charge is -2.22. The quantitative estimate of drug-likeness (QED) is 0.166. The fraction of sp³-hybridized carbons (Fsp3) is 0.219. The summed E-state index contributed by atoms with van der Waals surface area (Å²) in [7, 11) is 2.92. The van der Waals surface area contributed by atoms with E-state index in [1.807, 2.05) is 36.4 Å². The summed E-state index contributed by atoms with van der Waals surface area (Å²) in [4.78, 5) is 40.4. The molecule has 0 saturated carbocycles. The third-order valence-electron chi connectivity index (χ3n) is 6.97. The molecule has 41 heavy (non-hydrogen) atoms. The highest BCUT2D eigenvalue weighted by atomic mass is 32.2. The van der Waals surface area contributed by atoms with E-state index in [0.717, 1.165) is 34.6 Å². The molecule has 0 radical (unpaired) electrons. The van der Waals surface area contributed by atoms with E-state index in [9.17, 15) is 14.4 Å². The average Bonchev–Trinajstić information content (AvgIpc) is 3.37. The standard InChI is InChI=1S/C32H30N2O5S2/c1-38-24-12-6-10-22(16-24)30(36)33-23-11-7-13-25(18-23)40-19-28(35)34-31-29(32(37)39-2)26-15-14-21(17-27(26)41-31)20-8-4-3-5-9-20/h3-13,16,18,21H,14-15,17,19H2,1-2H3,(H,33,36)(H,34,35). The van der Waals surface area contributed by atoms with E-state index in [1.165, 1.54) is 35.8 Å². The lowest BCUT2D eigenvalue weighted by molar-refractivity contribution is -0.113. The number of anilines is 2. The second-order valence-electron chi connectivity index (χ2n) is 9.60. The Hall–Kier alpha value is -4.08. The van der Waals surface area contributed by atoms with Gasteiger partial charge in [0.2, 0.25) is 5.91 Å². The Balaban J connectivity index is 1.24. The monoisotopic (exact) mass is 586 g/mol. The number of rotatable bonds is 9. The second-order valence-corrected chi connectivity index (χ2v) is 11.8. The van der Waals surface area contributed by atoms with Gasteiger partial charge in [0.1, 0.15) is 10.8 Å². The molecular formula is C32H30N2O5S2. The molecule has 0 spiro atoms. The first-order chi connectivity index (χ1) is 19.9. The van der Waals surface area contributed by atoms with Crippen molar-refractivity contribution in [3.63, 3.8) is 0 Å². The van der Waals surface area contributed by atoms with Gasteiger partial charge < -0.3 is 20.1 Å². The Labute approximate surface area is 247 Å². The van der Waals surface area contributed by atoms with E-state index in [-0.39, 0.29) is 17.6 Å². The Morgan fingerprint density at radius 1 is 0.951 bits per heavy atom. The van der Waals surface area contributed by atoms with Crippen molar-refractivity contribution in [1.82, 2.24) is 0 Å². The van der Waals surface area contributed by atoms with Crippen LogP contribution in [0.4, 0.5) is 10.7 Å². The largest absolute Gasteiger partial charge is 0.497 e. The van der Waals surface area contributed by atoms with Crippen LogP contribution in [-0.4, -0.2) is 37.8 Å². The number of carbonyl (C=O) groups excluding carboxylic acids is 3. The van der Waals surface area contributed by atoms with Gasteiger partial charge in [0.25, 0.3) is 5.91 Å². The van der Waals surface area contributed by atoms with Gasteiger partial charge >= 0.3 is 5.97 Å². The number of methoxy groups -OCH3 is 2. The van der Waals surface area contributed by atoms with Gasteiger partial charge in [0.05, 0.1) is 25.5 Å². The van der Waals surface area contributed by atoms with Crippen molar-refractivity contribution in [3.8, 4) is 5.75 Å². The van der Waals surface area contributed by atoms with Gasteiger partial charge in [-0.2, -0.15) is 0 Å². The minimum Gasteiger partial charge on any atom is -0.497 e. The van der Waals surface area contributed by atoms with Gasteiger partial charge in [-0.1, -0.05) is 42.5 Å². The van der Waals surface area contributed by atoms with Crippen molar-refractivity contribution >= 4 is 51.6 Å². The second kappa shape index (κ2) is 13.1. The maximum Gasteiger partial charge on any atom is 0.341 e. The van der Waals surface area contributed by atoms with Crippen LogP contribution < -0.4 is 15.4 Å². The third kappa shape index (κ3) is 6.81. The van der Waals surface area contributed by atoms with Crippen LogP contribution in [0.3, 0.4) is 0 Å². The SMILES string of the molecule is COC(=O)c1c(NC(=O)CSc2cccc(NC(=O)c3cccc(OC)c3)c2)sc2c1CCC(c1ccccc1)C2. The summed E-state index contributed by atoms with van der Waals surface area (Å²) < 4.78 is 10.3. The summed E-state index contributed by atoms with van der Waals surface area (Å²) in [5, 5.41) is 6.39. The Bertz CT molecular complexity index is 1570. The summed E-state index contributed by atoms with van der Waals surface area (Å²) in [5.74, 6) is 0.223. The zero-order chi connectivity index (χ0) is 28.8. The van der Waals surface area contributed by atoms with Gasteiger partial charge in [-0.3, -0.25) is 9.59 Å². The fourth-order valence-corrected chi connectivity index (χ4v) is 7.03. The van der Waals surface area contributed by atoms with Gasteiger partial charge in [0, 0.05) is 21.0 Å². The number of thioether (sulfide) groups is 1. The lowest BCUT2D eigenvalue weighted by atomic mass is 9.83. The van der Waals surface area contributed by atoms with Crippen LogP contribution in [0, 0.1) is 0 Å². The summed E-state index contributed by atoms with van der Waals surface area (Å²) in [6.45, 7) is 0. The maximum atomic E-state index is 13.0. The van der Waals surface area contributed by atoms with Gasteiger partial charge in [-0.05, 0) is 72.7 Å². The highest BCUT2D eigenvalue weighted by Crippen LogP contribution is 2.43. The minimum atomic E-state index is -0.428. The Morgan fingerprint density at radius 3 is 2.54 bits per heavy atom. The number of ether oxygens (including phenoxy) is 2. The molecule has 1 aliphatic carbocycles. The smallest absolute Gasteiger partial charge is 0.341 e. The average molecular weight is 587 g/mol. The van der Waals surface area contributed by atoms with E-state index >= 15 is 0 Å². The van der Waals surface area contributed by atoms with Crippen LogP contribution in [0.2, 0.25) is 0 Å². The van der Waals surface area contributed by atoms with Crippen molar-refractivity contribution in [3.05, 3.63) is 106 Å². The van der Waals surface area contributed by atoms with E-state index < -0.39 is 5.97 Å². The molecule has 1 aromatic heterocycles. The number of esters is 1. The number of nitrogens with one attached hydrogen (secondary N) is 2. The van der Waals surface area contributed by atoms with E-state index in [4.69, 9.17) is 9.47 Å². The van der Waals surface area contributed by atoms with Crippen LogP contribution >= 0.6 is 23.1 Å². The molecule has 1 unspecified atom stereocenters. The predicted octanol–water partition coefficient (Wildman–Crippen LogP) is 6.80. The predicted molar refractivity (Wildman–Crippen MR) is 164 cm³/mol. The number of amides is 2. The molecule has 5 rings (SSSR count). The van der Waals surface area contributed by atoms with Crippen molar-refractivity contribution < 1.29 is 23.9 Å². The normalized spacial score (nSPS) is 14.0. The summed E-state index contributed by atoms with van der Waals surface area (Å²) in [5.41, 5.74) is 3.85. The van der Waals surface area contributed by atoms with Crippen LogP contribution in [-0.2, 0) is 22.4 Å². The van der Waals surface area contributed by atoms with Gasteiger partial charge in [-0.25, -0.2) is 4.79 Å². The molecule has 0 aliphatic heterocycles. The molecule has 7 nitrogen and oxygen atoms in total. The first kappa shape index (κ1) is 28.4. The molecule has 2 N–H and O–H groups in total. The number of carbonyl (C=O) groups is 3. The Morgan fingerprint density at radius 2 is 1.76 bits per heavy atom. The number of thiophene rings is 1. The summed E-state index contributed by atoms with van der Waals surface area (Å²) in [6, 6.07) is 24.6. The first-order valence-corrected chi connectivity index (χ1v) is 15.0. The number of fused-ring (bicyclic) bond motifs is 1. The molecule has 0 bridgehead atoms. The molecule has 0 fully saturated rings. The zero-order valence-electron chi connectivity index (χ0n) is 22.8. The molecule has 1 heterocycles. The van der Waals surface area contributed by atoms with Crippen molar-refractivity contribution in [2.24, 2.45) is 0 Å². The van der Waals surface area contributed by atoms with Crippen molar-refractivity contribution in [2.75, 3.05) is 30.6 Å². The maximum absolute atomic E-state index is 13.0. The number of benzene rings is 3. The van der Waals surface area contributed by atoms with E-state index in [1.54, 1.807) is 37.4 Å². The molecule has 3 aromatic carbocycles. The minimum absolute atomic E-state index is 0.142. The van der Waals surface area contributed by atoms with Crippen LogP contribution in [0.25, 0.3) is 0 Å². The highest BCUT2D eigenvalue weighted by Gasteiger charge is 2.30. The summed E-state index contributed by atoms with van der Waals surface area (Å²) >= 11 is 2.81. The van der Waals surface area contributed by atoms with E-state index in [2.05, 4.69) is 22.8 Å².